The van der Waals surface area contributed by atoms with Gasteiger partial charge in [-0.1, -0.05) is 0 Å². The first-order valence-electron chi connectivity index (χ1n) is 6.05. The summed E-state index contributed by atoms with van der Waals surface area (Å²) in [7, 11) is 0. The quantitative estimate of drug-likeness (QED) is 0.882. The molecule has 0 unspecified atom stereocenters. The summed E-state index contributed by atoms with van der Waals surface area (Å²) in [5.41, 5.74) is 1.12. The molecule has 0 bridgehead atoms. The van der Waals surface area contributed by atoms with Crippen molar-refractivity contribution in [3.05, 3.63) is 23.6 Å². The normalized spacial score (nSPS) is 15.4. The number of nitrogens with one attached hydrogen (secondary N) is 1. The van der Waals surface area contributed by atoms with Gasteiger partial charge >= 0.3 is 0 Å². The van der Waals surface area contributed by atoms with Crippen LogP contribution >= 0.6 is 11.3 Å². The molecule has 0 atom stereocenters. The number of aryl methyl sites for hydroxylation is 1. The topological polar surface area (TPSA) is 42.7 Å². The first-order chi connectivity index (χ1) is 8.36. The fourth-order valence-electron chi connectivity index (χ4n) is 1.79. The van der Waals surface area contributed by atoms with Crippen molar-refractivity contribution in [1.29, 1.82) is 0 Å². The van der Waals surface area contributed by atoms with Gasteiger partial charge < -0.3 is 9.88 Å². The van der Waals surface area contributed by atoms with Crippen LogP contribution in [0, 0.1) is 0 Å². The number of thiazole rings is 1. The van der Waals surface area contributed by atoms with E-state index in [1.54, 1.807) is 11.3 Å². The van der Waals surface area contributed by atoms with E-state index in [0.717, 1.165) is 29.8 Å². The molecule has 1 saturated carbocycles. The van der Waals surface area contributed by atoms with Crippen LogP contribution in [0.25, 0.3) is 10.7 Å². The Hall–Kier alpha value is -1.20. The van der Waals surface area contributed by atoms with Gasteiger partial charge in [0.15, 0.2) is 0 Å². The molecule has 5 heteroatoms. The predicted octanol–water partition coefficient (Wildman–Crippen LogP) is 2.28. The average molecular weight is 248 g/mol. The van der Waals surface area contributed by atoms with E-state index >= 15 is 0 Å². The maximum atomic E-state index is 4.48. The standard InChI is InChI=1S/C12H16N4S/c1-2-16-8-13-7-11(16)12-15-6-10(17-12)5-14-9-3-4-9/h6-9,14H,2-5H2,1H3. The summed E-state index contributed by atoms with van der Waals surface area (Å²) < 4.78 is 2.12. The fourth-order valence-corrected chi connectivity index (χ4v) is 2.68. The molecule has 0 saturated heterocycles. The monoisotopic (exact) mass is 248 g/mol. The molecular formula is C12H16N4S. The molecule has 1 aliphatic rings. The largest absolute Gasteiger partial charge is 0.329 e. The highest BCUT2D eigenvalue weighted by atomic mass is 32.1. The number of hydrogen-bond acceptors (Lipinski definition) is 4. The Morgan fingerprint density at radius 1 is 1.47 bits per heavy atom. The summed E-state index contributed by atoms with van der Waals surface area (Å²) in [4.78, 5) is 9.96. The zero-order chi connectivity index (χ0) is 11.7. The molecule has 0 radical (unpaired) electrons. The number of aromatic nitrogens is 3. The van der Waals surface area contributed by atoms with Crippen LogP contribution in [-0.2, 0) is 13.1 Å². The molecule has 0 amide bonds. The van der Waals surface area contributed by atoms with Crippen LogP contribution in [0.4, 0.5) is 0 Å². The second-order valence-corrected chi connectivity index (χ2v) is 5.47. The van der Waals surface area contributed by atoms with Gasteiger partial charge in [0.1, 0.15) is 5.01 Å². The van der Waals surface area contributed by atoms with Gasteiger partial charge in [0.05, 0.1) is 18.2 Å². The van der Waals surface area contributed by atoms with Crippen molar-refractivity contribution in [2.75, 3.05) is 0 Å². The van der Waals surface area contributed by atoms with Crippen molar-refractivity contribution in [2.24, 2.45) is 0 Å². The fraction of sp³-hybridized carbons (Fsp3) is 0.500. The second-order valence-electron chi connectivity index (χ2n) is 4.35. The summed E-state index contributed by atoms with van der Waals surface area (Å²) in [6, 6.07) is 0.752. The molecule has 3 rings (SSSR count). The van der Waals surface area contributed by atoms with Gasteiger partial charge in [-0.15, -0.1) is 11.3 Å². The van der Waals surface area contributed by atoms with Crippen molar-refractivity contribution >= 4 is 11.3 Å². The van der Waals surface area contributed by atoms with Crippen LogP contribution < -0.4 is 5.32 Å². The van der Waals surface area contributed by atoms with Crippen LogP contribution in [0.2, 0.25) is 0 Å². The van der Waals surface area contributed by atoms with Gasteiger partial charge in [0.2, 0.25) is 0 Å². The molecule has 1 aliphatic carbocycles. The Kier molecular flexibility index (Phi) is 2.94. The van der Waals surface area contributed by atoms with E-state index in [1.165, 1.54) is 17.7 Å². The van der Waals surface area contributed by atoms with Crippen LogP contribution in [0.1, 0.15) is 24.6 Å². The molecule has 0 spiro atoms. The van der Waals surface area contributed by atoms with E-state index in [-0.39, 0.29) is 0 Å². The second kappa shape index (κ2) is 4.58. The summed E-state index contributed by atoms with van der Waals surface area (Å²) >= 11 is 1.76. The highest BCUT2D eigenvalue weighted by Crippen LogP contribution is 2.26. The van der Waals surface area contributed by atoms with Gasteiger partial charge in [0.25, 0.3) is 0 Å². The van der Waals surface area contributed by atoms with Gasteiger partial charge in [-0.25, -0.2) is 9.97 Å². The van der Waals surface area contributed by atoms with Crippen LogP contribution in [0.3, 0.4) is 0 Å². The molecule has 90 valence electrons. The summed E-state index contributed by atoms with van der Waals surface area (Å²) in [6.45, 7) is 4.00. The molecular weight excluding hydrogens is 232 g/mol. The Bertz CT molecular complexity index is 498. The first kappa shape index (κ1) is 10.9. The molecule has 2 heterocycles. The Morgan fingerprint density at radius 2 is 2.35 bits per heavy atom. The Balaban J connectivity index is 1.74. The number of imidazole rings is 1. The third kappa shape index (κ3) is 2.40. The zero-order valence-electron chi connectivity index (χ0n) is 9.89. The molecule has 4 nitrogen and oxygen atoms in total. The molecule has 1 fully saturated rings. The molecule has 1 N–H and O–H groups in total. The van der Waals surface area contributed by atoms with E-state index in [2.05, 4.69) is 26.8 Å². The van der Waals surface area contributed by atoms with Crippen molar-refractivity contribution in [3.63, 3.8) is 0 Å². The van der Waals surface area contributed by atoms with E-state index in [0.29, 0.717) is 0 Å². The Labute approximate surface area is 105 Å². The zero-order valence-corrected chi connectivity index (χ0v) is 10.7. The van der Waals surface area contributed by atoms with Gasteiger partial charge in [-0.3, -0.25) is 0 Å². The lowest BCUT2D eigenvalue weighted by Crippen LogP contribution is -2.14. The van der Waals surface area contributed by atoms with Crippen molar-refractivity contribution in [3.8, 4) is 10.7 Å². The minimum atomic E-state index is 0.752. The summed E-state index contributed by atoms with van der Waals surface area (Å²) in [6.07, 6.45) is 8.38. The average Bonchev–Trinajstić information content (AvgIpc) is 2.89. The first-order valence-corrected chi connectivity index (χ1v) is 6.87. The number of nitrogens with zero attached hydrogens (tertiary/aromatic N) is 3. The van der Waals surface area contributed by atoms with E-state index < -0.39 is 0 Å². The van der Waals surface area contributed by atoms with Crippen molar-refractivity contribution in [2.45, 2.75) is 38.9 Å². The summed E-state index contributed by atoms with van der Waals surface area (Å²) in [5.74, 6) is 0. The number of hydrogen-bond donors (Lipinski definition) is 1. The highest BCUT2D eigenvalue weighted by Gasteiger charge is 2.20. The van der Waals surface area contributed by atoms with Gasteiger partial charge in [-0.2, -0.15) is 0 Å². The Morgan fingerprint density at radius 3 is 3.12 bits per heavy atom. The minimum Gasteiger partial charge on any atom is -0.329 e. The van der Waals surface area contributed by atoms with E-state index in [4.69, 9.17) is 0 Å². The van der Waals surface area contributed by atoms with E-state index in [9.17, 15) is 0 Å². The van der Waals surface area contributed by atoms with Crippen LogP contribution in [0.15, 0.2) is 18.7 Å². The lowest BCUT2D eigenvalue weighted by atomic mass is 10.5. The van der Waals surface area contributed by atoms with Crippen LogP contribution in [0.5, 0.6) is 0 Å². The molecule has 2 aromatic rings. The third-order valence-electron chi connectivity index (χ3n) is 2.97. The smallest absolute Gasteiger partial charge is 0.141 e. The molecule has 17 heavy (non-hydrogen) atoms. The summed E-state index contributed by atoms with van der Waals surface area (Å²) in [5, 5.41) is 4.57. The minimum absolute atomic E-state index is 0.752. The lowest BCUT2D eigenvalue weighted by Gasteiger charge is -2.00. The van der Waals surface area contributed by atoms with E-state index in [1.807, 2.05) is 18.7 Å². The van der Waals surface area contributed by atoms with Crippen LogP contribution in [-0.4, -0.2) is 20.6 Å². The third-order valence-corrected chi connectivity index (χ3v) is 3.99. The SMILES string of the molecule is CCn1cncc1-c1ncc(CNC2CC2)s1. The predicted molar refractivity (Wildman–Crippen MR) is 68.9 cm³/mol. The van der Waals surface area contributed by atoms with Gasteiger partial charge in [-0.05, 0) is 19.8 Å². The molecule has 0 aromatic carbocycles. The van der Waals surface area contributed by atoms with Crippen molar-refractivity contribution in [1.82, 2.24) is 19.9 Å². The maximum absolute atomic E-state index is 4.48. The lowest BCUT2D eigenvalue weighted by molar-refractivity contribution is 0.694. The number of rotatable bonds is 5. The maximum Gasteiger partial charge on any atom is 0.141 e. The molecule has 0 aliphatic heterocycles. The van der Waals surface area contributed by atoms with Gasteiger partial charge in [0, 0.05) is 30.2 Å². The molecule has 2 aromatic heterocycles. The van der Waals surface area contributed by atoms with Crippen molar-refractivity contribution < 1.29 is 0 Å². The highest BCUT2D eigenvalue weighted by molar-refractivity contribution is 7.15.